The molecule has 0 aliphatic rings. The molecule has 2 aromatic rings. The van der Waals surface area contributed by atoms with E-state index in [9.17, 15) is 4.39 Å². The molecule has 5 heteroatoms. The maximum Gasteiger partial charge on any atom is 0.211 e. The summed E-state index contributed by atoms with van der Waals surface area (Å²) in [4.78, 5) is 4.23. The van der Waals surface area contributed by atoms with Crippen LogP contribution in [0.4, 0.5) is 4.39 Å². The van der Waals surface area contributed by atoms with Gasteiger partial charge in [0.15, 0.2) is 5.76 Å². The molecule has 1 unspecified atom stereocenters. The Kier molecular flexibility index (Phi) is 4.56. The van der Waals surface area contributed by atoms with Crippen LogP contribution in [-0.4, -0.2) is 11.5 Å². The summed E-state index contributed by atoms with van der Waals surface area (Å²) in [5, 5.41) is 3.60. The van der Waals surface area contributed by atoms with Gasteiger partial charge in [0.05, 0.1) is 17.3 Å². The fourth-order valence-corrected chi connectivity index (χ4v) is 2.01. The zero-order valence-corrected chi connectivity index (χ0v) is 11.7. The van der Waals surface area contributed by atoms with Crippen molar-refractivity contribution in [2.75, 3.05) is 6.54 Å². The summed E-state index contributed by atoms with van der Waals surface area (Å²) in [5.41, 5.74) is 0.643. The standard InChI is InChI=1S/C14H16ClFN2O/c1-3-6-17-9(2)14-18-8-13(19-14)11-5-4-10(16)7-12(11)15/h4-5,7-9,17H,3,6H2,1-2H3. The molecule has 1 N–H and O–H groups in total. The van der Waals surface area contributed by atoms with Gasteiger partial charge in [-0.2, -0.15) is 0 Å². The lowest BCUT2D eigenvalue weighted by molar-refractivity contribution is 0.423. The zero-order chi connectivity index (χ0) is 13.8. The van der Waals surface area contributed by atoms with Crippen LogP contribution < -0.4 is 5.32 Å². The number of oxazole rings is 1. The summed E-state index contributed by atoms with van der Waals surface area (Å²) in [6, 6.07) is 4.24. The van der Waals surface area contributed by atoms with Crippen molar-refractivity contribution in [2.45, 2.75) is 26.3 Å². The molecule has 1 aromatic heterocycles. The van der Waals surface area contributed by atoms with Gasteiger partial charge in [-0.05, 0) is 38.1 Å². The minimum absolute atomic E-state index is 0.0351. The van der Waals surface area contributed by atoms with E-state index in [0.29, 0.717) is 22.2 Å². The summed E-state index contributed by atoms with van der Waals surface area (Å²) in [6.45, 7) is 4.98. The van der Waals surface area contributed by atoms with Gasteiger partial charge in [0.1, 0.15) is 5.82 Å². The van der Waals surface area contributed by atoms with E-state index < -0.39 is 0 Å². The first-order valence-electron chi connectivity index (χ1n) is 6.26. The molecule has 0 saturated carbocycles. The van der Waals surface area contributed by atoms with Crippen molar-refractivity contribution in [2.24, 2.45) is 0 Å². The van der Waals surface area contributed by atoms with E-state index in [-0.39, 0.29) is 11.9 Å². The number of nitrogens with zero attached hydrogens (tertiary/aromatic N) is 1. The normalized spacial score (nSPS) is 12.6. The Balaban J connectivity index is 2.20. The lowest BCUT2D eigenvalue weighted by atomic mass is 10.2. The highest BCUT2D eigenvalue weighted by atomic mass is 35.5. The molecular weight excluding hydrogens is 267 g/mol. The Bertz CT molecular complexity index is 556. The zero-order valence-electron chi connectivity index (χ0n) is 10.9. The Labute approximate surface area is 116 Å². The lowest BCUT2D eigenvalue weighted by Gasteiger charge is -2.08. The summed E-state index contributed by atoms with van der Waals surface area (Å²) in [6.07, 6.45) is 2.65. The molecule has 2 rings (SSSR count). The fraction of sp³-hybridized carbons (Fsp3) is 0.357. The monoisotopic (exact) mass is 282 g/mol. The second-order valence-corrected chi connectivity index (χ2v) is 4.77. The van der Waals surface area contributed by atoms with Crippen LogP contribution in [0.3, 0.4) is 0 Å². The first-order valence-corrected chi connectivity index (χ1v) is 6.64. The molecular formula is C14H16ClFN2O. The highest BCUT2D eigenvalue weighted by Gasteiger charge is 2.14. The average Bonchev–Trinajstić information content (AvgIpc) is 2.85. The van der Waals surface area contributed by atoms with Crippen LogP contribution in [0.2, 0.25) is 5.02 Å². The number of hydrogen-bond donors (Lipinski definition) is 1. The van der Waals surface area contributed by atoms with Gasteiger partial charge < -0.3 is 9.73 Å². The van der Waals surface area contributed by atoms with Crippen LogP contribution in [-0.2, 0) is 0 Å². The first-order chi connectivity index (χ1) is 9.11. The van der Waals surface area contributed by atoms with E-state index in [4.69, 9.17) is 16.0 Å². The van der Waals surface area contributed by atoms with E-state index in [1.807, 2.05) is 6.92 Å². The molecule has 1 atom stereocenters. The van der Waals surface area contributed by atoms with Crippen molar-refractivity contribution in [3.8, 4) is 11.3 Å². The van der Waals surface area contributed by atoms with Crippen molar-refractivity contribution in [1.29, 1.82) is 0 Å². The molecule has 0 bridgehead atoms. The molecule has 1 aromatic carbocycles. The Morgan fingerprint density at radius 2 is 2.26 bits per heavy atom. The third-order valence-electron chi connectivity index (χ3n) is 2.79. The maximum atomic E-state index is 13.0. The third-order valence-corrected chi connectivity index (χ3v) is 3.10. The molecule has 0 aliphatic carbocycles. The number of nitrogens with one attached hydrogen (secondary N) is 1. The molecule has 19 heavy (non-hydrogen) atoms. The third kappa shape index (κ3) is 3.33. The molecule has 3 nitrogen and oxygen atoms in total. The fourth-order valence-electron chi connectivity index (χ4n) is 1.75. The number of benzene rings is 1. The van der Waals surface area contributed by atoms with Crippen molar-refractivity contribution >= 4 is 11.6 Å². The van der Waals surface area contributed by atoms with E-state index in [2.05, 4.69) is 17.2 Å². The van der Waals surface area contributed by atoms with Crippen molar-refractivity contribution in [3.05, 3.63) is 41.1 Å². The van der Waals surface area contributed by atoms with Gasteiger partial charge in [0, 0.05) is 5.56 Å². The average molecular weight is 283 g/mol. The quantitative estimate of drug-likeness (QED) is 0.893. The van der Waals surface area contributed by atoms with Crippen LogP contribution in [0.5, 0.6) is 0 Å². The van der Waals surface area contributed by atoms with Crippen LogP contribution in [0, 0.1) is 5.82 Å². The minimum Gasteiger partial charge on any atom is -0.439 e. The van der Waals surface area contributed by atoms with Crippen molar-refractivity contribution < 1.29 is 8.81 Å². The Morgan fingerprint density at radius 1 is 1.47 bits per heavy atom. The second kappa shape index (κ2) is 6.17. The molecule has 102 valence electrons. The van der Waals surface area contributed by atoms with Crippen LogP contribution in [0.1, 0.15) is 32.2 Å². The number of rotatable bonds is 5. The minimum atomic E-state index is -0.369. The summed E-state index contributed by atoms with van der Waals surface area (Å²) in [5.74, 6) is 0.778. The summed E-state index contributed by atoms with van der Waals surface area (Å²) in [7, 11) is 0. The predicted molar refractivity (Wildman–Crippen MR) is 73.6 cm³/mol. The Morgan fingerprint density at radius 3 is 2.95 bits per heavy atom. The SMILES string of the molecule is CCCNC(C)c1ncc(-c2ccc(F)cc2Cl)o1. The largest absolute Gasteiger partial charge is 0.439 e. The first kappa shape index (κ1) is 14.0. The van der Waals surface area contributed by atoms with E-state index in [1.165, 1.54) is 12.1 Å². The topological polar surface area (TPSA) is 38.1 Å². The molecule has 0 amide bonds. The van der Waals surface area contributed by atoms with Gasteiger partial charge in [-0.1, -0.05) is 18.5 Å². The van der Waals surface area contributed by atoms with Crippen LogP contribution in [0.25, 0.3) is 11.3 Å². The van der Waals surface area contributed by atoms with E-state index in [1.54, 1.807) is 12.3 Å². The smallest absolute Gasteiger partial charge is 0.211 e. The predicted octanol–water partition coefficient (Wildman–Crippen LogP) is 4.19. The van der Waals surface area contributed by atoms with E-state index >= 15 is 0 Å². The van der Waals surface area contributed by atoms with Crippen LogP contribution in [0.15, 0.2) is 28.8 Å². The van der Waals surface area contributed by atoms with Gasteiger partial charge in [0.2, 0.25) is 5.89 Å². The highest BCUT2D eigenvalue weighted by Crippen LogP contribution is 2.30. The van der Waals surface area contributed by atoms with Crippen molar-refractivity contribution in [1.82, 2.24) is 10.3 Å². The molecule has 0 saturated heterocycles. The molecule has 0 aliphatic heterocycles. The van der Waals surface area contributed by atoms with Gasteiger partial charge >= 0.3 is 0 Å². The maximum absolute atomic E-state index is 13.0. The van der Waals surface area contributed by atoms with Gasteiger partial charge in [-0.15, -0.1) is 0 Å². The van der Waals surface area contributed by atoms with Crippen LogP contribution >= 0.6 is 11.6 Å². The lowest BCUT2D eigenvalue weighted by Crippen LogP contribution is -2.19. The molecule has 0 spiro atoms. The number of hydrogen-bond acceptors (Lipinski definition) is 3. The Hall–Kier alpha value is -1.39. The van der Waals surface area contributed by atoms with E-state index in [0.717, 1.165) is 13.0 Å². The van der Waals surface area contributed by atoms with Crippen molar-refractivity contribution in [3.63, 3.8) is 0 Å². The summed E-state index contributed by atoms with van der Waals surface area (Å²) < 4.78 is 18.7. The highest BCUT2D eigenvalue weighted by molar-refractivity contribution is 6.33. The molecule has 0 fully saturated rings. The van der Waals surface area contributed by atoms with Gasteiger partial charge in [-0.3, -0.25) is 0 Å². The van der Waals surface area contributed by atoms with Gasteiger partial charge in [-0.25, -0.2) is 9.37 Å². The number of aromatic nitrogens is 1. The number of halogens is 2. The second-order valence-electron chi connectivity index (χ2n) is 4.36. The molecule has 0 radical (unpaired) electrons. The van der Waals surface area contributed by atoms with Gasteiger partial charge in [0.25, 0.3) is 0 Å². The summed E-state index contributed by atoms with van der Waals surface area (Å²) >= 11 is 5.99. The molecule has 1 heterocycles.